The van der Waals surface area contributed by atoms with Crippen molar-refractivity contribution in [2.24, 2.45) is 0 Å². The maximum atomic E-state index is 15.3. The second kappa shape index (κ2) is 8.39. The molecule has 2 atom stereocenters. The van der Waals surface area contributed by atoms with E-state index in [1.807, 2.05) is 0 Å². The number of benzene rings is 1. The molecule has 2 N–H and O–H groups in total. The largest absolute Gasteiger partial charge is 0.477 e. The number of nitrogens with one attached hydrogen (secondary N) is 1. The first-order valence-electron chi connectivity index (χ1n) is 11.0. The van der Waals surface area contributed by atoms with Crippen molar-refractivity contribution in [2.75, 3.05) is 18.0 Å². The van der Waals surface area contributed by atoms with Gasteiger partial charge in [0.2, 0.25) is 11.3 Å². The number of pyridine rings is 1. The topological polar surface area (TPSA) is 122 Å². The number of hydrogen-bond acceptors (Lipinski definition) is 6. The number of fused-ring (bicyclic) bond motifs is 1. The molecule has 1 saturated heterocycles. The van der Waals surface area contributed by atoms with Gasteiger partial charge in [0.05, 0.1) is 34.0 Å². The van der Waals surface area contributed by atoms with Gasteiger partial charge in [-0.15, -0.1) is 0 Å². The Morgan fingerprint density at radius 1 is 1.26 bits per heavy atom. The second-order valence-corrected chi connectivity index (χ2v) is 9.08. The number of hydrogen-bond donors (Lipinski definition) is 2. The first kappa shape index (κ1) is 22.3. The van der Waals surface area contributed by atoms with Crippen molar-refractivity contribution in [3.05, 3.63) is 51.3 Å². The Labute approximate surface area is 197 Å². The fourth-order valence-corrected chi connectivity index (χ4v) is 4.86. The summed E-state index contributed by atoms with van der Waals surface area (Å²) in [6.07, 6.45) is 6.50. The van der Waals surface area contributed by atoms with E-state index >= 15 is 4.39 Å². The lowest BCUT2D eigenvalue weighted by molar-refractivity contribution is -0.125. The van der Waals surface area contributed by atoms with Gasteiger partial charge in [-0.25, -0.2) is 9.18 Å². The smallest absolute Gasteiger partial charge is 0.341 e. The minimum atomic E-state index is -1.36. The lowest BCUT2D eigenvalue weighted by Gasteiger charge is -2.23. The maximum Gasteiger partial charge on any atom is 0.341 e. The summed E-state index contributed by atoms with van der Waals surface area (Å²) in [7, 11) is 0. The summed E-state index contributed by atoms with van der Waals surface area (Å²) in [6, 6.07) is 0.250. The summed E-state index contributed by atoms with van der Waals surface area (Å²) in [5.74, 6) is -2.32. The predicted octanol–water partition coefficient (Wildman–Crippen LogP) is 2.37. The van der Waals surface area contributed by atoms with Crippen LogP contribution in [0.1, 0.15) is 48.6 Å². The molecule has 2 aliphatic rings. The van der Waals surface area contributed by atoms with E-state index in [0.717, 1.165) is 18.9 Å². The van der Waals surface area contributed by atoms with Crippen molar-refractivity contribution < 1.29 is 19.1 Å². The third-order valence-electron chi connectivity index (χ3n) is 6.37. The van der Waals surface area contributed by atoms with Gasteiger partial charge >= 0.3 is 5.97 Å². The normalized spacial score (nSPS) is 18.9. The highest BCUT2D eigenvalue weighted by molar-refractivity contribution is 6.38. The highest BCUT2D eigenvalue weighted by atomic mass is 35.5. The fourth-order valence-electron chi connectivity index (χ4n) is 4.45. The van der Waals surface area contributed by atoms with E-state index in [4.69, 9.17) is 11.6 Å². The molecule has 2 aromatic heterocycles. The van der Waals surface area contributed by atoms with Crippen molar-refractivity contribution in [1.29, 1.82) is 0 Å². The average Bonchev–Trinajstić information content (AvgIpc) is 3.29. The van der Waals surface area contributed by atoms with Gasteiger partial charge in [0.25, 0.3) is 0 Å². The van der Waals surface area contributed by atoms with Crippen molar-refractivity contribution in [2.45, 2.75) is 44.3 Å². The summed E-state index contributed by atoms with van der Waals surface area (Å²) < 4.78 is 16.9. The number of halogens is 2. The van der Waals surface area contributed by atoms with E-state index in [1.54, 1.807) is 16.4 Å². The lowest BCUT2D eigenvalue weighted by atomic mass is 10.1. The van der Waals surface area contributed by atoms with Crippen LogP contribution in [0.25, 0.3) is 10.9 Å². The molecular weight excluding hydrogens is 467 g/mol. The van der Waals surface area contributed by atoms with Crippen LogP contribution < -0.4 is 15.6 Å². The van der Waals surface area contributed by atoms with Crippen LogP contribution in [0.3, 0.4) is 0 Å². The minimum Gasteiger partial charge on any atom is -0.477 e. The molecular formula is C22H22ClFN6O4. The summed E-state index contributed by atoms with van der Waals surface area (Å²) in [5, 5.41) is 20.3. The zero-order valence-electron chi connectivity index (χ0n) is 18.2. The van der Waals surface area contributed by atoms with Crippen molar-refractivity contribution in [1.82, 2.24) is 24.9 Å². The molecule has 1 aromatic carbocycles. The van der Waals surface area contributed by atoms with Gasteiger partial charge in [0.1, 0.15) is 17.4 Å². The molecule has 1 aliphatic carbocycles. The van der Waals surface area contributed by atoms with Gasteiger partial charge in [0, 0.05) is 31.4 Å². The highest BCUT2D eigenvalue weighted by Gasteiger charge is 2.33. The second-order valence-electron chi connectivity index (χ2n) is 8.70. The number of nitrogens with zero attached hydrogens (tertiary/aromatic N) is 5. The molecule has 0 radical (unpaired) electrons. The highest BCUT2D eigenvalue weighted by Crippen LogP contribution is 2.42. The van der Waals surface area contributed by atoms with E-state index in [2.05, 4.69) is 15.5 Å². The van der Waals surface area contributed by atoms with Crippen LogP contribution in [0.2, 0.25) is 5.02 Å². The van der Waals surface area contributed by atoms with Crippen molar-refractivity contribution in [3.8, 4) is 0 Å². The Kier molecular flexibility index (Phi) is 5.51. The molecule has 34 heavy (non-hydrogen) atoms. The van der Waals surface area contributed by atoms with Crippen LogP contribution in [-0.2, 0) is 4.79 Å². The molecule has 0 bridgehead atoms. The number of rotatable bonds is 6. The molecule has 2 fully saturated rings. The molecule has 12 heteroatoms. The number of carbonyl (C=O) groups is 2. The van der Waals surface area contributed by atoms with E-state index in [-0.39, 0.29) is 34.1 Å². The minimum absolute atomic E-state index is 0.0139. The van der Waals surface area contributed by atoms with Crippen LogP contribution in [0, 0.1) is 5.82 Å². The molecule has 178 valence electrons. The van der Waals surface area contributed by atoms with Gasteiger partial charge < -0.3 is 19.9 Å². The molecule has 1 saturated carbocycles. The monoisotopic (exact) mass is 488 g/mol. The Morgan fingerprint density at radius 3 is 2.62 bits per heavy atom. The average molecular weight is 489 g/mol. The molecule has 1 amide bonds. The number of carboxylic acids is 1. The Hall–Kier alpha value is -3.47. The summed E-state index contributed by atoms with van der Waals surface area (Å²) in [5.41, 5.74) is -0.696. The molecule has 1 aliphatic heterocycles. The van der Waals surface area contributed by atoms with Gasteiger partial charge in [-0.2, -0.15) is 15.0 Å². The van der Waals surface area contributed by atoms with Crippen LogP contribution in [0.5, 0.6) is 0 Å². The zero-order valence-corrected chi connectivity index (χ0v) is 19.0. The van der Waals surface area contributed by atoms with Crippen LogP contribution >= 0.6 is 11.6 Å². The molecule has 2 unspecified atom stereocenters. The number of aromatic carboxylic acids is 1. The molecule has 10 nitrogen and oxygen atoms in total. The van der Waals surface area contributed by atoms with Crippen molar-refractivity contribution in [3.63, 3.8) is 0 Å². The molecule has 5 rings (SSSR count). The number of aromatic nitrogens is 4. The standard InChI is InChI=1S/C22H22ClFN6O4/c1-11(30-25-5-6-26-30)21(32)27-12-4-7-28(9-12)19-16(24)8-14-18(17(19)23)29(13-2-3-13)10-15(20(14)31)22(33)34/h5-6,8,10-13H,2-4,7,9H2,1H3,(H,27,32)(H,33,34). The number of anilines is 1. The fraction of sp³-hybridized carbons (Fsp3) is 0.409. The Morgan fingerprint density at radius 2 is 1.97 bits per heavy atom. The van der Waals surface area contributed by atoms with Crippen LogP contribution in [-0.4, -0.2) is 55.7 Å². The van der Waals surface area contributed by atoms with Gasteiger partial charge in [-0.3, -0.25) is 9.59 Å². The number of carboxylic acid groups (broad SMARTS) is 1. The van der Waals surface area contributed by atoms with Crippen LogP contribution in [0.15, 0.2) is 29.5 Å². The number of amides is 1. The first-order valence-corrected chi connectivity index (χ1v) is 11.3. The quantitative estimate of drug-likeness (QED) is 0.546. The third kappa shape index (κ3) is 3.79. The van der Waals surface area contributed by atoms with Gasteiger partial charge in [0.15, 0.2) is 0 Å². The van der Waals surface area contributed by atoms with Gasteiger partial charge in [-0.1, -0.05) is 11.6 Å². The summed E-state index contributed by atoms with van der Waals surface area (Å²) >= 11 is 6.68. The Balaban J connectivity index is 1.46. The lowest BCUT2D eigenvalue weighted by Crippen LogP contribution is -2.41. The predicted molar refractivity (Wildman–Crippen MR) is 122 cm³/mol. The summed E-state index contributed by atoms with van der Waals surface area (Å²) in [6.45, 7) is 2.46. The maximum absolute atomic E-state index is 15.3. The zero-order chi connectivity index (χ0) is 24.1. The van der Waals surface area contributed by atoms with E-state index in [0.29, 0.717) is 25.0 Å². The van der Waals surface area contributed by atoms with Gasteiger partial charge in [-0.05, 0) is 32.3 Å². The number of carbonyl (C=O) groups excluding carboxylic acids is 1. The van der Waals surface area contributed by atoms with Crippen LogP contribution in [0.4, 0.5) is 10.1 Å². The molecule has 3 heterocycles. The SMILES string of the molecule is CC(C(=O)NC1CCN(c2c(F)cc3c(=O)c(C(=O)O)cn(C4CC4)c3c2Cl)C1)n1nccn1. The third-order valence-corrected chi connectivity index (χ3v) is 6.73. The Bertz CT molecular complexity index is 1350. The molecule has 0 spiro atoms. The molecule has 3 aromatic rings. The van der Waals surface area contributed by atoms with E-state index in [9.17, 15) is 19.5 Å². The van der Waals surface area contributed by atoms with Crippen molar-refractivity contribution >= 4 is 40.1 Å². The first-order chi connectivity index (χ1) is 16.3. The van der Waals surface area contributed by atoms with E-state index in [1.165, 1.54) is 23.4 Å². The summed E-state index contributed by atoms with van der Waals surface area (Å²) in [4.78, 5) is 39.9. The van der Waals surface area contributed by atoms with E-state index < -0.39 is 28.8 Å².